The zero-order valence-corrected chi connectivity index (χ0v) is 13.3. The number of amides is 1. The molecule has 0 atom stereocenters. The first kappa shape index (κ1) is 14.9. The molecule has 0 fully saturated rings. The van der Waals surface area contributed by atoms with E-state index < -0.39 is 0 Å². The Morgan fingerprint density at radius 2 is 1.95 bits per heavy atom. The molecule has 0 spiro atoms. The van der Waals surface area contributed by atoms with E-state index in [1.807, 2.05) is 43.3 Å². The molecule has 0 heterocycles. The summed E-state index contributed by atoms with van der Waals surface area (Å²) in [7, 11) is 0. The minimum atomic E-state index is -0.113. The third kappa shape index (κ3) is 3.99. The van der Waals surface area contributed by atoms with Crippen molar-refractivity contribution in [2.75, 3.05) is 17.2 Å². The maximum Gasteiger partial charge on any atom is 0.243 e. The highest BCUT2D eigenvalue weighted by Gasteiger charge is 2.06. The normalized spacial score (nSPS) is 10.2. The van der Waals surface area contributed by atoms with Crippen LogP contribution in [0.4, 0.5) is 11.4 Å². The van der Waals surface area contributed by atoms with E-state index in [1.165, 1.54) is 0 Å². The van der Waals surface area contributed by atoms with Gasteiger partial charge in [-0.15, -0.1) is 0 Å². The highest BCUT2D eigenvalue weighted by Crippen LogP contribution is 2.25. The molecular weight excluding hydrogens is 340 g/mol. The topological polar surface area (TPSA) is 41.1 Å². The molecule has 2 aromatic carbocycles. The Hall–Kier alpha value is -1.52. The molecule has 0 aliphatic heterocycles. The number of nitrogens with one attached hydrogen (secondary N) is 2. The second kappa shape index (κ2) is 6.77. The largest absolute Gasteiger partial charge is 0.375 e. The molecule has 0 saturated heterocycles. The molecule has 0 bridgehead atoms. The minimum Gasteiger partial charge on any atom is -0.375 e. The zero-order chi connectivity index (χ0) is 14.5. The van der Waals surface area contributed by atoms with Gasteiger partial charge in [0.05, 0.1) is 17.3 Å². The standard InChI is InChI=1S/C15H14BrClN2O/c1-10-4-2-3-5-13(10)19-15(20)9-18-14-7-6-11(16)8-12(14)17/h2-8,18H,9H2,1H3,(H,19,20). The van der Waals surface area contributed by atoms with Crippen molar-refractivity contribution in [2.24, 2.45) is 0 Å². The third-order valence-corrected chi connectivity index (χ3v) is 3.60. The van der Waals surface area contributed by atoms with E-state index in [4.69, 9.17) is 11.6 Å². The van der Waals surface area contributed by atoms with Crippen molar-refractivity contribution in [1.82, 2.24) is 0 Å². The molecule has 0 radical (unpaired) electrons. The number of hydrogen-bond acceptors (Lipinski definition) is 2. The number of anilines is 2. The Labute approximate surface area is 131 Å². The molecule has 0 unspecified atom stereocenters. The van der Waals surface area contributed by atoms with Crippen molar-refractivity contribution in [3.8, 4) is 0 Å². The minimum absolute atomic E-state index is 0.113. The molecule has 3 nitrogen and oxygen atoms in total. The summed E-state index contributed by atoms with van der Waals surface area (Å²) in [6.45, 7) is 2.12. The molecule has 104 valence electrons. The molecule has 2 rings (SSSR count). The number of hydrogen-bond donors (Lipinski definition) is 2. The molecule has 0 saturated carbocycles. The van der Waals surface area contributed by atoms with Gasteiger partial charge < -0.3 is 10.6 Å². The summed E-state index contributed by atoms with van der Waals surface area (Å²) in [6, 6.07) is 13.1. The first-order chi connectivity index (χ1) is 9.56. The highest BCUT2D eigenvalue weighted by molar-refractivity contribution is 9.10. The summed E-state index contributed by atoms with van der Waals surface area (Å²) < 4.78 is 0.900. The van der Waals surface area contributed by atoms with Gasteiger partial charge in [0.25, 0.3) is 0 Å². The molecule has 1 amide bonds. The average Bonchev–Trinajstić information content (AvgIpc) is 2.40. The van der Waals surface area contributed by atoms with Crippen LogP contribution in [-0.2, 0) is 4.79 Å². The predicted molar refractivity (Wildman–Crippen MR) is 87.5 cm³/mol. The number of rotatable bonds is 4. The third-order valence-electron chi connectivity index (χ3n) is 2.79. The number of carbonyl (C=O) groups is 1. The highest BCUT2D eigenvalue weighted by atomic mass is 79.9. The van der Waals surface area contributed by atoms with Crippen LogP contribution in [0.1, 0.15) is 5.56 Å². The van der Waals surface area contributed by atoms with Crippen LogP contribution in [0.2, 0.25) is 5.02 Å². The van der Waals surface area contributed by atoms with Crippen molar-refractivity contribution in [1.29, 1.82) is 0 Å². The molecule has 0 aromatic heterocycles. The summed E-state index contributed by atoms with van der Waals surface area (Å²) in [5.74, 6) is -0.113. The van der Waals surface area contributed by atoms with E-state index in [2.05, 4.69) is 26.6 Å². The molecule has 20 heavy (non-hydrogen) atoms. The quantitative estimate of drug-likeness (QED) is 0.852. The summed E-state index contributed by atoms with van der Waals surface area (Å²) in [4.78, 5) is 11.9. The van der Waals surface area contributed by atoms with Crippen molar-refractivity contribution in [3.63, 3.8) is 0 Å². The van der Waals surface area contributed by atoms with Crippen LogP contribution in [-0.4, -0.2) is 12.5 Å². The first-order valence-corrected chi connectivity index (χ1v) is 7.28. The molecule has 2 aromatic rings. The molecule has 5 heteroatoms. The summed E-state index contributed by atoms with van der Waals surface area (Å²) >= 11 is 9.41. The van der Waals surface area contributed by atoms with Crippen LogP contribution in [0.5, 0.6) is 0 Å². The van der Waals surface area contributed by atoms with Gasteiger partial charge in [-0.3, -0.25) is 4.79 Å². The lowest BCUT2D eigenvalue weighted by atomic mass is 10.2. The van der Waals surface area contributed by atoms with E-state index in [0.717, 1.165) is 21.4 Å². The number of aryl methyl sites for hydroxylation is 1. The van der Waals surface area contributed by atoms with Gasteiger partial charge >= 0.3 is 0 Å². The molecule has 0 aliphatic rings. The maximum atomic E-state index is 11.9. The van der Waals surface area contributed by atoms with Crippen molar-refractivity contribution in [3.05, 3.63) is 57.5 Å². The van der Waals surface area contributed by atoms with Gasteiger partial charge in [-0.2, -0.15) is 0 Å². The fourth-order valence-corrected chi connectivity index (χ4v) is 2.46. The van der Waals surface area contributed by atoms with Crippen molar-refractivity contribution < 1.29 is 4.79 Å². The van der Waals surface area contributed by atoms with Gasteiger partial charge in [0, 0.05) is 10.2 Å². The van der Waals surface area contributed by atoms with Crippen LogP contribution in [0.3, 0.4) is 0 Å². The van der Waals surface area contributed by atoms with Crippen LogP contribution in [0, 0.1) is 6.92 Å². The Balaban J connectivity index is 1.94. The lowest BCUT2D eigenvalue weighted by molar-refractivity contribution is -0.114. The van der Waals surface area contributed by atoms with E-state index in [0.29, 0.717) is 5.02 Å². The van der Waals surface area contributed by atoms with E-state index in [9.17, 15) is 4.79 Å². The Kier molecular flexibility index (Phi) is 5.04. The fourth-order valence-electron chi connectivity index (χ4n) is 1.72. The smallest absolute Gasteiger partial charge is 0.243 e. The predicted octanol–water partition coefficient (Wildman–Crippen LogP) is 4.46. The van der Waals surface area contributed by atoms with Crippen LogP contribution in [0.15, 0.2) is 46.9 Å². The number of benzene rings is 2. The van der Waals surface area contributed by atoms with Crippen LogP contribution >= 0.6 is 27.5 Å². The number of para-hydroxylation sites is 1. The second-order valence-corrected chi connectivity index (χ2v) is 5.66. The second-order valence-electron chi connectivity index (χ2n) is 4.34. The van der Waals surface area contributed by atoms with Gasteiger partial charge in [0.1, 0.15) is 0 Å². The number of carbonyl (C=O) groups excluding carboxylic acids is 1. The van der Waals surface area contributed by atoms with Gasteiger partial charge in [-0.1, -0.05) is 45.7 Å². The first-order valence-electron chi connectivity index (χ1n) is 6.10. The SMILES string of the molecule is Cc1ccccc1NC(=O)CNc1ccc(Br)cc1Cl. The van der Waals surface area contributed by atoms with Crippen LogP contribution in [0.25, 0.3) is 0 Å². The van der Waals surface area contributed by atoms with Gasteiger partial charge in [-0.25, -0.2) is 0 Å². The average molecular weight is 354 g/mol. The van der Waals surface area contributed by atoms with E-state index >= 15 is 0 Å². The molecule has 2 N–H and O–H groups in total. The van der Waals surface area contributed by atoms with E-state index in [1.54, 1.807) is 6.07 Å². The molecular formula is C15H14BrClN2O. The Morgan fingerprint density at radius 3 is 2.65 bits per heavy atom. The van der Waals surface area contributed by atoms with Crippen LogP contribution < -0.4 is 10.6 Å². The lowest BCUT2D eigenvalue weighted by Crippen LogP contribution is -2.22. The molecule has 0 aliphatic carbocycles. The summed E-state index contributed by atoms with van der Waals surface area (Å²) in [5, 5.41) is 6.44. The van der Waals surface area contributed by atoms with Gasteiger partial charge in [-0.05, 0) is 36.8 Å². The van der Waals surface area contributed by atoms with Crippen molar-refractivity contribution >= 4 is 44.8 Å². The lowest BCUT2D eigenvalue weighted by Gasteiger charge is -2.10. The monoisotopic (exact) mass is 352 g/mol. The Morgan fingerprint density at radius 1 is 1.20 bits per heavy atom. The van der Waals surface area contributed by atoms with Gasteiger partial charge in [0.2, 0.25) is 5.91 Å². The number of halogens is 2. The fraction of sp³-hybridized carbons (Fsp3) is 0.133. The summed E-state index contributed by atoms with van der Waals surface area (Å²) in [5.41, 5.74) is 2.58. The Bertz CT molecular complexity index is 631. The maximum absolute atomic E-state index is 11.9. The van der Waals surface area contributed by atoms with Gasteiger partial charge in [0.15, 0.2) is 0 Å². The summed E-state index contributed by atoms with van der Waals surface area (Å²) in [6.07, 6.45) is 0. The van der Waals surface area contributed by atoms with E-state index in [-0.39, 0.29) is 12.5 Å². The zero-order valence-electron chi connectivity index (χ0n) is 10.9. The van der Waals surface area contributed by atoms with Crippen molar-refractivity contribution in [2.45, 2.75) is 6.92 Å².